The van der Waals surface area contributed by atoms with Gasteiger partial charge in [-0.05, 0) is 49.3 Å². The largest absolute Gasteiger partial charge is 0.310 e. The van der Waals surface area contributed by atoms with Crippen molar-refractivity contribution >= 4 is 11.6 Å². The highest BCUT2D eigenvalue weighted by Gasteiger charge is 2.54. The molecule has 3 atom stereocenters. The van der Waals surface area contributed by atoms with E-state index in [4.69, 9.17) is 11.6 Å². The number of fused-ring (bicyclic) bond motifs is 5. The molecule has 0 saturated carbocycles. The van der Waals surface area contributed by atoms with Crippen molar-refractivity contribution in [2.75, 3.05) is 0 Å². The standard InChI is InChI=1S/C13H15ClN2/c14-12-5-8-3-4-13(10(8)7-15-12)6-9-1-2-11(13)16-9/h5,7,9,11,16H,1-4,6H2. The molecule has 2 fully saturated rings. The number of aromatic nitrogens is 1. The van der Waals surface area contributed by atoms with Crippen molar-refractivity contribution in [1.29, 1.82) is 0 Å². The van der Waals surface area contributed by atoms with E-state index in [1.807, 2.05) is 6.20 Å². The van der Waals surface area contributed by atoms with Crippen LogP contribution in [0.25, 0.3) is 0 Å². The predicted octanol–water partition coefficient (Wildman–Crippen LogP) is 2.44. The first-order chi connectivity index (χ1) is 7.78. The van der Waals surface area contributed by atoms with Gasteiger partial charge in [-0.2, -0.15) is 0 Å². The fourth-order valence-electron chi connectivity index (χ4n) is 4.19. The first kappa shape index (κ1) is 9.43. The summed E-state index contributed by atoms with van der Waals surface area (Å²) in [6.45, 7) is 0. The van der Waals surface area contributed by atoms with E-state index in [2.05, 4.69) is 16.4 Å². The van der Waals surface area contributed by atoms with Crippen LogP contribution in [0.5, 0.6) is 0 Å². The van der Waals surface area contributed by atoms with Gasteiger partial charge in [0.05, 0.1) is 0 Å². The molecule has 3 heterocycles. The van der Waals surface area contributed by atoms with Crippen LogP contribution in [0.1, 0.15) is 36.8 Å². The minimum absolute atomic E-state index is 0.399. The van der Waals surface area contributed by atoms with Crippen molar-refractivity contribution in [3.05, 3.63) is 28.5 Å². The third-order valence-electron chi connectivity index (χ3n) is 4.85. The Bertz CT molecular complexity index is 459. The van der Waals surface area contributed by atoms with Crippen LogP contribution >= 0.6 is 11.6 Å². The molecule has 2 saturated heterocycles. The molecule has 84 valence electrons. The van der Waals surface area contributed by atoms with Crippen LogP contribution in [0.15, 0.2) is 12.3 Å². The summed E-state index contributed by atoms with van der Waals surface area (Å²) in [6.07, 6.45) is 8.53. The van der Waals surface area contributed by atoms with Crippen LogP contribution in [0.2, 0.25) is 5.15 Å². The zero-order valence-corrected chi connectivity index (χ0v) is 9.93. The Kier molecular flexibility index (Phi) is 1.76. The first-order valence-corrected chi connectivity index (χ1v) is 6.57. The van der Waals surface area contributed by atoms with E-state index in [9.17, 15) is 0 Å². The minimum Gasteiger partial charge on any atom is -0.310 e. The van der Waals surface area contributed by atoms with Gasteiger partial charge in [0.25, 0.3) is 0 Å². The SMILES string of the molecule is Clc1cc2c(cn1)C1(CC2)CC2CCC1N2. The van der Waals surface area contributed by atoms with Crippen molar-refractivity contribution in [2.45, 2.75) is 49.6 Å². The zero-order chi connectivity index (χ0) is 10.8. The van der Waals surface area contributed by atoms with E-state index >= 15 is 0 Å². The van der Waals surface area contributed by atoms with Crippen molar-refractivity contribution in [1.82, 2.24) is 10.3 Å². The van der Waals surface area contributed by atoms with Gasteiger partial charge in [-0.25, -0.2) is 4.98 Å². The van der Waals surface area contributed by atoms with Crippen LogP contribution in [0.3, 0.4) is 0 Å². The van der Waals surface area contributed by atoms with Gasteiger partial charge in [0.2, 0.25) is 0 Å². The van der Waals surface area contributed by atoms with Crippen LogP contribution in [0, 0.1) is 0 Å². The molecule has 3 unspecified atom stereocenters. The van der Waals surface area contributed by atoms with Gasteiger partial charge in [-0.1, -0.05) is 11.6 Å². The topological polar surface area (TPSA) is 24.9 Å². The molecule has 3 aliphatic rings. The van der Waals surface area contributed by atoms with E-state index in [0.29, 0.717) is 16.6 Å². The summed E-state index contributed by atoms with van der Waals surface area (Å²) in [4.78, 5) is 4.29. The molecule has 1 N–H and O–H groups in total. The molecule has 1 aromatic rings. The highest BCUT2D eigenvalue weighted by atomic mass is 35.5. The van der Waals surface area contributed by atoms with Gasteiger partial charge in [-0.3, -0.25) is 0 Å². The summed E-state index contributed by atoms with van der Waals surface area (Å²) in [6, 6.07) is 3.52. The molecular formula is C13H15ClN2. The zero-order valence-electron chi connectivity index (χ0n) is 9.17. The maximum absolute atomic E-state index is 5.97. The third kappa shape index (κ3) is 1.05. The summed E-state index contributed by atoms with van der Waals surface area (Å²) >= 11 is 5.97. The molecule has 1 aliphatic carbocycles. The number of rotatable bonds is 0. The predicted molar refractivity (Wildman–Crippen MR) is 63.8 cm³/mol. The second-order valence-electron chi connectivity index (χ2n) is 5.52. The number of aryl methyl sites for hydroxylation is 1. The summed E-state index contributed by atoms with van der Waals surface area (Å²) in [5.41, 5.74) is 3.32. The third-order valence-corrected chi connectivity index (χ3v) is 5.06. The van der Waals surface area contributed by atoms with Crippen molar-refractivity contribution < 1.29 is 0 Å². The monoisotopic (exact) mass is 234 g/mol. The second kappa shape index (κ2) is 2.99. The fourth-order valence-corrected chi connectivity index (χ4v) is 4.37. The average molecular weight is 235 g/mol. The lowest BCUT2D eigenvalue weighted by atomic mass is 9.70. The molecule has 16 heavy (non-hydrogen) atoms. The number of pyridine rings is 1. The highest BCUT2D eigenvalue weighted by Crippen LogP contribution is 2.52. The van der Waals surface area contributed by atoms with Gasteiger partial charge in [0, 0.05) is 23.7 Å². The Morgan fingerprint density at radius 1 is 1.44 bits per heavy atom. The molecule has 1 spiro atoms. The smallest absolute Gasteiger partial charge is 0.129 e. The lowest BCUT2D eigenvalue weighted by Gasteiger charge is -2.33. The average Bonchev–Trinajstić information content (AvgIpc) is 2.94. The van der Waals surface area contributed by atoms with Gasteiger partial charge in [-0.15, -0.1) is 0 Å². The lowest BCUT2D eigenvalue weighted by Crippen LogP contribution is -2.37. The Balaban J connectivity index is 1.84. The Morgan fingerprint density at radius 2 is 2.38 bits per heavy atom. The quantitative estimate of drug-likeness (QED) is 0.698. The number of nitrogens with one attached hydrogen (secondary N) is 1. The molecule has 2 nitrogen and oxygen atoms in total. The summed E-state index contributed by atoms with van der Waals surface area (Å²) in [5, 5.41) is 4.40. The molecule has 2 aliphatic heterocycles. The summed E-state index contributed by atoms with van der Waals surface area (Å²) in [5.74, 6) is 0. The van der Waals surface area contributed by atoms with E-state index in [1.165, 1.54) is 43.2 Å². The minimum atomic E-state index is 0.399. The lowest BCUT2D eigenvalue weighted by molar-refractivity contribution is 0.329. The van der Waals surface area contributed by atoms with Gasteiger partial charge >= 0.3 is 0 Å². The fraction of sp³-hybridized carbons (Fsp3) is 0.615. The second-order valence-corrected chi connectivity index (χ2v) is 5.91. The number of nitrogens with zero attached hydrogens (tertiary/aromatic N) is 1. The molecule has 0 amide bonds. The Hall–Kier alpha value is -0.600. The molecule has 1 aromatic heterocycles. The van der Waals surface area contributed by atoms with E-state index in [-0.39, 0.29) is 0 Å². The highest BCUT2D eigenvalue weighted by molar-refractivity contribution is 6.29. The maximum Gasteiger partial charge on any atom is 0.129 e. The molecule has 0 radical (unpaired) electrons. The number of halogens is 1. The Morgan fingerprint density at radius 3 is 3.12 bits per heavy atom. The number of hydrogen-bond acceptors (Lipinski definition) is 2. The normalized spacial score (nSPS) is 39.6. The van der Waals surface area contributed by atoms with Crippen molar-refractivity contribution in [2.24, 2.45) is 0 Å². The molecule has 0 aromatic carbocycles. The van der Waals surface area contributed by atoms with E-state index in [1.54, 1.807) is 0 Å². The number of hydrogen-bond donors (Lipinski definition) is 1. The van der Waals surface area contributed by atoms with Gasteiger partial charge in [0.1, 0.15) is 5.15 Å². The van der Waals surface area contributed by atoms with Crippen LogP contribution in [-0.4, -0.2) is 17.1 Å². The summed E-state index contributed by atoms with van der Waals surface area (Å²) < 4.78 is 0. The first-order valence-electron chi connectivity index (χ1n) is 6.19. The molecule has 4 rings (SSSR count). The van der Waals surface area contributed by atoms with Crippen LogP contribution in [-0.2, 0) is 11.8 Å². The van der Waals surface area contributed by atoms with Crippen LogP contribution < -0.4 is 5.32 Å². The Labute approximate surface area is 100 Å². The van der Waals surface area contributed by atoms with Gasteiger partial charge < -0.3 is 5.32 Å². The maximum atomic E-state index is 5.97. The molecule has 3 heteroatoms. The molecular weight excluding hydrogens is 220 g/mol. The van der Waals surface area contributed by atoms with E-state index in [0.717, 1.165) is 6.04 Å². The molecule has 2 bridgehead atoms. The van der Waals surface area contributed by atoms with Gasteiger partial charge in [0.15, 0.2) is 0 Å². The van der Waals surface area contributed by atoms with Crippen LogP contribution in [0.4, 0.5) is 0 Å². The van der Waals surface area contributed by atoms with Crippen molar-refractivity contribution in [3.63, 3.8) is 0 Å². The van der Waals surface area contributed by atoms with Crippen molar-refractivity contribution in [3.8, 4) is 0 Å². The summed E-state index contributed by atoms with van der Waals surface area (Å²) in [7, 11) is 0. The van der Waals surface area contributed by atoms with E-state index < -0.39 is 0 Å².